The van der Waals surface area contributed by atoms with Crippen molar-refractivity contribution in [3.05, 3.63) is 144 Å². The van der Waals surface area contributed by atoms with Crippen LogP contribution >= 0.6 is 0 Å². The molecule has 2 aliphatic heterocycles. The highest BCUT2D eigenvalue weighted by molar-refractivity contribution is 7.98. The average Bonchev–Trinajstić information content (AvgIpc) is 3.65. The first-order chi connectivity index (χ1) is 24.4. The van der Waals surface area contributed by atoms with Crippen LogP contribution in [-0.4, -0.2) is 72.8 Å². The topological polar surface area (TPSA) is 110 Å². The molecule has 8 atom stereocenters. The number of benzene rings is 4. The summed E-state index contributed by atoms with van der Waals surface area (Å²) in [4.78, 5) is 0. The number of hydrogen-bond acceptors (Lipinski definition) is 9. The second-order valence-electron chi connectivity index (χ2n) is 12.7. The van der Waals surface area contributed by atoms with Gasteiger partial charge < -0.3 is 23.7 Å². The van der Waals surface area contributed by atoms with Gasteiger partial charge in [-0.1, -0.05) is 121 Å². The van der Waals surface area contributed by atoms with Gasteiger partial charge in [0.1, 0.15) is 41.2 Å². The van der Waals surface area contributed by atoms with E-state index in [1.54, 1.807) is 6.92 Å². The Bertz CT molecular complexity index is 1680. The van der Waals surface area contributed by atoms with Crippen molar-refractivity contribution in [1.82, 2.24) is 0 Å². The van der Waals surface area contributed by atoms with E-state index in [0.29, 0.717) is 37.9 Å². The molecule has 2 heterocycles. The first kappa shape index (κ1) is 36.7. The second-order valence-corrected chi connectivity index (χ2v) is 16.7. The Labute approximate surface area is 297 Å². The maximum Gasteiger partial charge on any atom is 0.301 e. The minimum Gasteiger partial charge on any atom is -0.371 e. The molecule has 2 fully saturated rings. The zero-order valence-electron chi connectivity index (χ0n) is 28.1. The van der Waals surface area contributed by atoms with Crippen molar-refractivity contribution in [2.75, 3.05) is 18.1 Å². The van der Waals surface area contributed by atoms with E-state index in [9.17, 15) is 13.7 Å². The van der Waals surface area contributed by atoms with E-state index >= 15 is 0 Å². The summed E-state index contributed by atoms with van der Waals surface area (Å²) in [6.45, 7) is 3.60. The lowest BCUT2D eigenvalue weighted by Crippen LogP contribution is -2.46. The normalized spacial score (nSPS) is 26.7. The fourth-order valence-electron chi connectivity index (χ4n) is 6.66. The van der Waals surface area contributed by atoms with Gasteiger partial charge in [0.15, 0.2) is 5.25 Å². The molecule has 9 nitrogen and oxygen atoms in total. The maximum absolute atomic E-state index is 13.3. The Morgan fingerprint density at radius 2 is 1.14 bits per heavy atom. The van der Waals surface area contributed by atoms with Crippen LogP contribution in [0.4, 0.5) is 0 Å². The van der Waals surface area contributed by atoms with E-state index in [1.165, 1.54) is 0 Å². The molecule has 50 heavy (non-hydrogen) atoms. The van der Waals surface area contributed by atoms with Gasteiger partial charge in [-0.05, 0) is 29.2 Å². The summed E-state index contributed by atoms with van der Waals surface area (Å²) in [6.07, 6.45) is -2.82. The van der Waals surface area contributed by atoms with Crippen molar-refractivity contribution in [2.45, 2.75) is 74.4 Å². The van der Waals surface area contributed by atoms with E-state index in [2.05, 4.69) is 4.33 Å². The van der Waals surface area contributed by atoms with Gasteiger partial charge in [0.2, 0.25) is 0 Å². The van der Waals surface area contributed by atoms with Crippen LogP contribution in [-0.2, 0) is 75.5 Å². The Balaban J connectivity index is 1.25. The molecular weight excluding hydrogens is 677 g/mol. The monoisotopic (exact) mass is 721 g/mol. The number of hydrogen-bond donors (Lipinski definition) is 1. The first-order valence-corrected chi connectivity index (χ1v) is 20.0. The molecule has 6 rings (SSSR count). The Hall–Kier alpha value is -3.10. The molecule has 266 valence electrons. The van der Waals surface area contributed by atoms with Crippen LogP contribution in [0.15, 0.2) is 121 Å². The van der Waals surface area contributed by atoms with Gasteiger partial charge in [-0.15, -0.1) is 4.33 Å². The highest BCUT2D eigenvalue weighted by Crippen LogP contribution is 2.37. The predicted molar refractivity (Wildman–Crippen MR) is 193 cm³/mol. The summed E-state index contributed by atoms with van der Waals surface area (Å²) in [7, 11) is -4.92. The zero-order chi connectivity index (χ0) is 34.8. The van der Waals surface area contributed by atoms with E-state index in [0.717, 1.165) is 22.3 Å². The Morgan fingerprint density at radius 1 is 0.680 bits per heavy atom. The SMILES string of the molecule is C[C@H]1O[C@H](C[S+]2C[C@@H](OCc3ccccc3)[C@H](OCc3ccccc3)[C@H]2COCc2ccccc2)[C@@H](S(=O)(=O)OO)[C@@H]1OCc1ccccc1. The molecule has 1 N–H and O–H groups in total. The molecule has 0 saturated carbocycles. The fourth-order valence-corrected chi connectivity index (χ4v) is 11.0. The summed E-state index contributed by atoms with van der Waals surface area (Å²) in [5.74, 6) is 1.00. The quantitative estimate of drug-likeness (QED) is 0.0806. The van der Waals surface area contributed by atoms with Crippen molar-refractivity contribution in [3.8, 4) is 0 Å². The van der Waals surface area contributed by atoms with Crippen LogP contribution in [0.2, 0.25) is 0 Å². The lowest BCUT2D eigenvalue weighted by atomic mass is 10.1. The molecular formula is C39H45O9S2+. The third kappa shape index (κ3) is 9.61. The van der Waals surface area contributed by atoms with Crippen LogP contribution < -0.4 is 0 Å². The number of ether oxygens (including phenoxy) is 5. The van der Waals surface area contributed by atoms with Gasteiger partial charge in [0, 0.05) is 10.9 Å². The number of rotatable bonds is 17. The van der Waals surface area contributed by atoms with Gasteiger partial charge in [0.25, 0.3) is 0 Å². The van der Waals surface area contributed by atoms with E-state index in [1.807, 2.05) is 121 Å². The van der Waals surface area contributed by atoms with Gasteiger partial charge in [-0.2, -0.15) is 8.42 Å². The highest BCUT2D eigenvalue weighted by Gasteiger charge is 2.59. The third-order valence-electron chi connectivity index (χ3n) is 9.17. The van der Waals surface area contributed by atoms with Crippen molar-refractivity contribution in [1.29, 1.82) is 0 Å². The van der Waals surface area contributed by atoms with Crippen LogP contribution in [0.25, 0.3) is 0 Å². The first-order valence-electron chi connectivity index (χ1n) is 16.9. The molecule has 4 aromatic carbocycles. The molecule has 1 unspecified atom stereocenters. The van der Waals surface area contributed by atoms with Crippen molar-refractivity contribution in [2.24, 2.45) is 0 Å². The summed E-state index contributed by atoms with van der Waals surface area (Å²) < 4.78 is 63.0. The summed E-state index contributed by atoms with van der Waals surface area (Å²) in [6, 6.07) is 39.5. The largest absolute Gasteiger partial charge is 0.371 e. The van der Waals surface area contributed by atoms with Crippen molar-refractivity contribution >= 4 is 21.0 Å². The Kier molecular flexibility index (Phi) is 13.1. The molecule has 0 bridgehead atoms. The van der Waals surface area contributed by atoms with Gasteiger partial charge >= 0.3 is 10.1 Å². The summed E-state index contributed by atoms with van der Waals surface area (Å²) in [5, 5.41) is 8.22. The van der Waals surface area contributed by atoms with E-state index < -0.39 is 44.6 Å². The van der Waals surface area contributed by atoms with Gasteiger partial charge in [-0.3, -0.25) is 0 Å². The minimum atomic E-state index is -4.45. The highest BCUT2D eigenvalue weighted by atomic mass is 32.2. The smallest absolute Gasteiger partial charge is 0.301 e. The third-order valence-corrected chi connectivity index (χ3v) is 13.4. The zero-order valence-corrected chi connectivity index (χ0v) is 29.7. The molecule has 2 aliphatic rings. The van der Waals surface area contributed by atoms with Gasteiger partial charge in [0.05, 0.1) is 39.1 Å². The molecule has 0 aliphatic carbocycles. The lowest BCUT2D eigenvalue weighted by molar-refractivity contribution is -0.133. The minimum absolute atomic E-state index is 0.121. The summed E-state index contributed by atoms with van der Waals surface area (Å²) >= 11 is 0. The van der Waals surface area contributed by atoms with E-state index in [-0.39, 0.29) is 24.1 Å². The lowest BCUT2D eigenvalue weighted by Gasteiger charge is -2.24. The molecule has 11 heteroatoms. The van der Waals surface area contributed by atoms with Crippen molar-refractivity contribution < 1.29 is 41.7 Å². The van der Waals surface area contributed by atoms with Crippen LogP contribution in [0.1, 0.15) is 29.2 Å². The van der Waals surface area contributed by atoms with Crippen molar-refractivity contribution in [3.63, 3.8) is 0 Å². The van der Waals surface area contributed by atoms with Crippen LogP contribution in [0.5, 0.6) is 0 Å². The average molecular weight is 722 g/mol. The van der Waals surface area contributed by atoms with Crippen LogP contribution in [0, 0.1) is 0 Å². The van der Waals surface area contributed by atoms with E-state index in [4.69, 9.17) is 23.7 Å². The fraction of sp³-hybridized carbons (Fsp3) is 0.385. The van der Waals surface area contributed by atoms with Crippen LogP contribution in [0.3, 0.4) is 0 Å². The molecule has 0 aromatic heterocycles. The predicted octanol–water partition coefficient (Wildman–Crippen LogP) is 5.94. The maximum atomic E-state index is 13.3. The summed E-state index contributed by atoms with van der Waals surface area (Å²) in [5.41, 5.74) is 4.05. The molecule has 0 amide bonds. The molecule has 2 saturated heterocycles. The second kappa shape index (κ2) is 17.9. The molecule has 0 radical (unpaired) electrons. The standard InChI is InChI=1S/C39H44O9S2/c1-29-37(45-24-32-18-10-4-11-19-32)39(50(41,42)48-40)35(47-29)28-49-27-34(44-23-31-16-8-3-9-17-31)38(46-25-33-20-12-5-13-21-33)36(49)26-43-22-30-14-6-2-7-15-30/h2-21,29,34-39H,22-28H2,1H3/p+1/t29-,34-,35-,36-,37-,38+,39-,49?/m1/s1. The van der Waals surface area contributed by atoms with Gasteiger partial charge in [-0.25, -0.2) is 5.26 Å². The molecule has 0 spiro atoms. The Morgan fingerprint density at radius 3 is 1.64 bits per heavy atom. The molecule has 4 aromatic rings.